The molecular weight excluding hydrogens is 517 g/mol. The molecule has 2 aromatic rings. The van der Waals surface area contributed by atoms with E-state index in [-0.39, 0.29) is 47.9 Å². The summed E-state index contributed by atoms with van der Waals surface area (Å²) in [5.41, 5.74) is 0.00404. The molecule has 6 atom stereocenters. The molecule has 4 rings (SSSR count). The maximum absolute atomic E-state index is 12.9. The van der Waals surface area contributed by atoms with Gasteiger partial charge in [-0.15, -0.1) is 0 Å². The number of anilines is 1. The SMILES string of the molecule is CC(C)N(C(C)C)P(OCCC#N)O[C@@H]1C[C@@H](C)[C@H]2O[C@@H](n3ccc(NC(=O)c4ccccc4)nc3=O)C[C@H]21. The molecule has 1 saturated carbocycles. The molecule has 2 fully saturated rings. The van der Waals surface area contributed by atoms with Crippen LogP contribution in [0.5, 0.6) is 0 Å². The molecule has 1 saturated heterocycles. The highest BCUT2D eigenvalue weighted by atomic mass is 31.2. The van der Waals surface area contributed by atoms with E-state index in [2.05, 4.69) is 55.7 Å². The van der Waals surface area contributed by atoms with Crippen LogP contribution in [0, 0.1) is 23.2 Å². The Balaban J connectivity index is 1.46. The monoisotopic (exact) mass is 555 g/mol. The number of ether oxygens (including phenoxy) is 1. The molecule has 1 N–H and O–H groups in total. The van der Waals surface area contributed by atoms with E-state index >= 15 is 0 Å². The predicted octanol–water partition coefficient (Wildman–Crippen LogP) is 5.10. The molecule has 1 aliphatic heterocycles. The van der Waals surface area contributed by atoms with Crippen molar-refractivity contribution in [1.29, 1.82) is 5.26 Å². The summed E-state index contributed by atoms with van der Waals surface area (Å²) in [6, 6.07) is 13.0. The molecule has 0 spiro atoms. The molecule has 11 heteroatoms. The number of carbonyl (C=O) groups excluding carboxylic acids is 1. The molecule has 1 aromatic heterocycles. The Kier molecular flexibility index (Phi) is 9.86. The van der Waals surface area contributed by atoms with Crippen LogP contribution in [0.1, 0.15) is 70.5 Å². The number of nitrogens with zero attached hydrogens (tertiary/aromatic N) is 4. The molecule has 0 radical (unpaired) electrons. The lowest BCUT2D eigenvalue weighted by molar-refractivity contribution is -0.0219. The van der Waals surface area contributed by atoms with Crippen LogP contribution in [-0.2, 0) is 13.8 Å². The van der Waals surface area contributed by atoms with Crippen molar-refractivity contribution in [2.24, 2.45) is 11.8 Å². The Bertz CT molecular complexity index is 1210. The summed E-state index contributed by atoms with van der Waals surface area (Å²) in [6.07, 6.45) is 2.78. The van der Waals surface area contributed by atoms with Gasteiger partial charge in [-0.05, 0) is 58.2 Å². The lowest BCUT2D eigenvalue weighted by atomic mass is 10.0. The Morgan fingerprint density at radius 3 is 2.59 bits per heavy atom. The summed E-state index contributed by atoms with van der Waals surface area (Å²) in [5.74, 6) is 0.215. The third-order valence-electron chi connectivity index (χ3n) is 7.16. The van der Waals surface area contributed by atoms with Crippen LogP contribution < -0.4 is 11.0 Å². The Morgan fingerprint density at radius 2 is 1.95 bits per heavy atom. The number of aromatic nitrogens is 2. The van der Waals surface area contributed by atoms with E-state index in [0.717, 1.165) is 6.42 Å². The minimum absolute atomic E-state index is 0.0492. The topological polar surface area (TPSA) is 119 Å². The molecule has 39 heavy (non-hydrogen) atoms. The first-order valence-electron chi connectivity index (χ1n) is 13.6. The van der Waals surface area contributed by atoms with E-state index in [1.807, 2.05) is 6.07 Å². The van der Waals surface area contributed by atoms with Gasteiger partial charge in [0.15, 0.2) is 0 Å². The van der Waals surface area contributed by atoms with Gasteiger partial charge in [-0.2, -0.15) is 10.2 Å². The van der Waals surface area contributed by atoms with E-state index in [0.29, 0.717) is 25.0 Å². The van der Waals surface area contributed by atoms with Gasteiger partial charge in [-0.3, -0.25) is 9.36 Å². The first-order chi connectivity index (χ1) is 18.7. The van der Waals surface area contributed by atoms with Crippen molar-refractivity contribution in [3.05, 3.63) is 58.6 Å². The second kappa shape index (κ2) is 13.1. The van der Waals surface area contributed by atoms with Gasteiger partial charge in [-0.25, -0.2) is 9.46 Å². The average molecular weight is 556 g/mol. The minimum atomic E-state index is -1.37. The van der Waals surface area contributed by atoms with E-state index in [1.165, 1.54) is 4.57 Å². The summed E-state index contributed by atoms with van der Waals surface area (Å²) >= 11 is 0. The predicted molar refractivity (Wildman–Crippen MR) is 149 cm³/mol. The quantitative estimate of drug-likeness (QED) is 0.301. The molecule has 1 unspecified atom stereocenters. The van der Waals surface area contributed by atoms with Crippen molar-refractivity contribution in [3.8, 4) is 6.07 Å². The molecule has 0 bridgehead atoms. The number of amides is 1. The first kappa shape index (κ1) is 29.3. The fourth-order valence-electron chi connectivity index (χ4n) is 5.49. The highest BCUT2D eigenvalue weighted by Gasteiger charge is 2.51. The highest BCUT2D eigenvalue weighted by Crippen LogP contribution is 2.54. The van der Waals surface area contributed by atoms with E-state index < -0.39 is 20.4 Å². The summed E-state index contributed by atoms with van der Waals surface area (Å²) in [7, 11) is -1.37. The van der Waals surface area contributed by atoms with Crippen molar-refractivity contribution in [1.82, 2.24) is 14.2 Å². The van der Waals surface area contributed by atoms with Crippen molar-refractivity contribution < 1.29 is 18.6 Å². The third kappa shape index (κ3) is 6.92. The number of fused-ring (bicyclic) bond motifs is 1. The van der Waals surface area contributed by atoms with Crippen LogP contribution in [-0.4, -0.2) is 51.0 Å². The number of benzene rings is 1. The smallest absolute Gasteiger partial charge is 0.351 e. The number of carbonyl (C=O) groups is 1. The van der Waals surface area contributed by atoms with Crippen LogP contribution in [0.3, 0.4) is 0 Å². The van der Waals surface area contributed by atoms with Crippen LogP contribution in [0.25, 0.3) is 0 Å². The Labute approximate surface area is 231 Å². The van der Waals surface area contributed by atoms with Crippen molar-refractivity contribution in [3.63, 3.8) is 0 Å². The zero-order valence-electron chi connectivity index (χ0n) is 23.2. The first-order valence-corrected chi connectivity index (χ1v) is 14.7. The fraction of sp³-hybridized carbons (Fsp3) is 0.571. The van der Waals surface area contributed by atoms with Gasteiger partial charge in [0.05, 0.1) is 31.3 Å². The van der Waals surface area contributed by atoms with Crippen LogP contribution in [0.15, 0.2) is 47.4 Å². The standard InChI is InChI=1S/C28H38N5O5P/c1-18(2)33(19(3)4)39(36-15-9-13-29)38-23-16-20(5)26-22(23)17-25(37-26)32-14-12-24(31-28(32)35)30-27(34)21-10-7-6-8-11-21/h6-8,10-12,14,18-20,22-23,25-26H,9,15-17H2,1-5H3,(H,30,31,34,35)/t20-,22+,23-,25-,26-,39?/m1/s1. The average Bonchev–Trinajstić information content (AvgIpc) is 3.45. The fourth-order valence-corrected chi connectivity index (χ4v) is 7.27. The number of hydrogen-bond acceptors (Lipinski definition) is 8. The lowest BCUT2D eigenvalue weighted by Gasteiger charge is -2.37. The second-order valence-corrected chi connectivity index (χ2v) is 12.1. The van der Waals surface area contributed by atoms with Crippen molar-refractivity contribution in [2.75, 3.05) is 11.9 Å². The second-order valence-electron chi connectivity index (χ2n) is 10.7. The van der Waals surface area contributed by atoms with Crippen LogP contribution >= 0.6 is 8.53 Å². The summed E-state index contributed by atoms with van der Waals surface area (Å²) in [5, 5.41) is 11.7. The van der Waals surface area contributed by atoms with Gasteiger partial charge in [0.2, 0.25) is 0 Å². The zero-order valence-corrected chi connectivity index (χ0v) is 24.1. The van der Waals surface area contributed by atoms with Crippen LogP contribution in [0.4, 0.5) is 5.82 Å². The molecule has 210 valence electrons. The van der Waals surface area contributed by atoms with Gasteiger partial charge >= 0.3 is 5.69 Å². The maximum atomic E-state index is 12.9. The van der Waals surface area contributed by atoms with Gasteiger partial charge in [-0.1, -0.05) is 25.1 Å². The van der Waals surface area contributed by atoms with Gasteiger partial charge in [0, 0.05) is 36.2 Å². The Hall–Kier alpha value is -2.67. The zero-order chi connectivity index (χ0) is 28.1. The molecule has 2 heterocycles. The number of nitriles is 1. The van der Waals surface area contributed by atoms with Gasteiger partial charge < -0.3 is 19.1 Å². The molecule has 2 aliphatic rings. The number of hydrogen-bond donors (Lipinski definition) is 1. The summed E-state index contributed by atoms with van der Waals surface area (Å²) in [4.78, 5) is 29.5. The Morgan fingerprint density at radius 1 is 1.23 bits per heavy atom. The van der Waals surface area contributed by atoms with Crippen LogP contribution in [0.2, 0.25) is 0 Å². The molecular formula is C28H38N5O5P. The largest absolute Gasteiger partial charge is 0.354 e. The summed E-state index contributed by atoms with van der Waals surface area (Å²) < 4.78 is 22.9. The molecule has 1 aliphatic carbocycles. The van der Waals surface area contributed by atoms with E-state index in [4.69, 9.17) is 19.0 Å². The van der Waals surface area contributed by atoms with Crippen molar-refractivity contribution >= 4 is 20.3 Å². The molecule has 1 amide bonds. The molecule has 10 nitrogen and oxygen atoms in total. The number of rotatable bonds is 11. The normalized spacial score (nSPS) is 25.2. The summed E-state index contributed by atoms with van der Waals surface area (Å²) in [6.45, 7) is 10.9. The van der Waals surface area contributed by atoms with Crippen molar-refractivity contribution in [2.45, 2.75) is 84.4 Å². The third-order valence-corrected chi connectivity index (χ3v) is 9.31. The maximum Gasteiger partial charge on any atom is 0.351 e. The highest BCUT2D eigenvalue weighted by molar-refractivity contribution is 7.44. The number of nitrogens with one attached hydrogen (secondary N) is 1. The molecule has 1 aromatic carbocycles. The van der Waals surface area contributed by atoms with E-state index in [1.54, 1.807) is 36.5 Å². The minimum Gasteiger partial charge on any atom is -0.354 e. The van der Waals surface area contributed by atoms with Gasteiger partial charge in [0.25, 0.3) is 14.4 Å². The lowest BCUT2D eigenvalue weighted by Crippen LogP contribution is -2.35. The van der Waals surface area contributed by atoms with E-state index in [9.17, 15) is 9.59 Å². The van der Waals surface area contributed by atoms with Gasteiger partial charge in [0.1, 0.15) is 12.0 Å².